The van der Waals surface area contributed by atoms with Gasteiger partial charge in [0.25, 0.3) is 5.88 Å². The Bertz CT molecular complexity index is 1100. The first kappa shape index (κ1) is 20.0. The van der Waals surface area contributed by atoms with Crippen LogP contribution in [0.2, 0.25) is 0 Å². The minimum Gasteiger partial charge on any atom is -0.414 e. The predicted octanol–water partition coefficient (Wildman–Crippen LogP) is 1.17. The number of hydrogen-bond donors (Lipinski definition) is 4. The van der Waals surface area contributed by atoms with Crippen LogP contribution in [0.5, 0.6) is 5.88 Å². The molecule has 0 unspecified atom stereocenters. The maximum atomic E-state index is 10.4. The van der Waals surface area contributed by atoms with E-state index in [1.54, 1.807) is 0 Å². The largest absolute Gasteiger partial charge is 0.414 e. The molecule has 0 aliphatic carbocycles. The summed E-state index contributed by atoms with van der Waals surface area (Å²) in [7, 11) is 2.09. The fourth-order valence-corrected chi connectivity index (χ4v) is 3.65. The van der Waals surface area contributed by atoms with Crippen molar-refractivity contribution in [2.24, 2.45) is 0 Å². The minimum atomic E-state index is -2.70. The fourth-order valence-electron chi connectivity index (χ4n) is 3.65. The Hall–Kier alpha value is -3.27. The third-order valence-electron chi connectivity index (χ3n) is 5.21. The van der Waals surface area contributed by atoms with Crippen LogP contribution in [0.15, 0.2) is 36.7 Å². The van der Waals surface area contributed by atoms with E-state index in [0.29, 0.717) is 5.69 Å². The van der Waals surface area contributed by atoms with Gasteiger partial charge in [0.2, 0.25) is 0 Å². The molecule has 0 radical (unpaired) electrons. The van der Waals surface area contributed by atoms with Gasteiger partial charge in [-0.05, 0) is 61.3 Å². The zero-order valence-corrected chi connectivity index (χ0v) is 16.8. The second-order valence-electron chi connectivity index (χ2n) is 7.54. The molecule has 156 valence electrons. The van der Waals surface area contributed by atoms with Crippen LogP contribution >= 0.6 is 0 Å². The summed E-state index contributed by atoms with van der Waals surface area (Å²) in [6, 6.07) is 6.78. The van der Waals surface area contributed by atoms with Crippen molar-refractivity contribution in [3.05, 3.63) is 58.9 Å². The number of nitrogens with two attached hydrogens (primary N) is 2. The lowest BCUT2D eigenvalue weighted by molar-refractivity contribution is -0.305. The summed E-state index contributed by atoms with van der Waals surface area (Å²) < 4.78 is 5.32. The summed E-state index contributed by atoms with van der Waals surface area (Å²) in [6.45, 7) is 3.97. The number of likely N-dealkylation sites (N-methyl/N-ethyl adjacent to an activating group) is 1. The maximum absolute atomic E-state index is 10.4. The zero-order chi connectivity index (χ0) is 21.5. The molecule has 0 fully saturated rings. The molecule has 9 nitrogen and oxygen atoms in total. The smallest absolute Gasteiger partial charge is 0.352 e. The molecule has 1 aliphatic rings. The predicted molar refractivity (Wildman–Crippen MR) is 112 cm³/mol. The van der Waals surface area contributed by atoms with Gasteiger partial charge in [-0.1, -0.05) is 0 Å². The lowest BCUT2D eigenvalue weighted by Gasteiger charge is -2.27. The van der Waals surface area contributed by atoms with Crippen molar-refractivity contribution in [1.82, 2.24) is 19.9 Å². The number of rotatable bonds is 4. The number of aryl methyl sites for hydroxylation is 1. The Kier molecular flexibility index (Phi) is 5.02. The Morgan fingerprint density at radius 3 is 2.73 bits per heavy atom. The molecule has 0 saturated carbocycles. The first-order chi connectivity index (χ1) is 14.2. The van der Waals surface area contributed by atoms with E-state index in [9.17, 15) is 10.2 Å². The number of fused-ring (bicyclic) bond motifs is 1. The van der Waals surface area contributed by atoms with E-state index in [1.807, 2.05) is 6.07 Å². The molecular weight excluding hydrogens is 384 g/mol. The number of aromatic nitrogens is 3. The number of aliphatic hydroxyl groups is 2. The molecule has 3 heterocycles. The molecule has 30 heavy (non-hydrogen) atoms. The summed E-state index contributed by atoms with van der Waals surface area (Å²) in [5.74, 6) is -2.85. The quantitative estimate of drug-likeness (QED) is 0.468. The van der Waals surface area contributed by atoms with Crippen molar-refractivity contribution in [1.29, 1.82) is 0 Å². The SMILES string of the molecule is Cc1cc(-c2cnc(N)c(OC(O)(O)c3ccnc(N)c3)n2)cc2c1CCN(C)C2. The molecule has 0 atom stereocenters. The first-order valence-corrected chi connectivity index (χ1v) is 9.52. The van der Waals surface area contributed by atoms with E-state index in [-0.39, 0.29) is 23.1 Å². The van der Waals surface area contributed by atoms with Gasteiger partial charge in [-0.2, -0.15) is 0 Å². The molecule has 1 aromatic carbocycles. The Labute approximate surface area is 174 Å². The highest BCUT2D eigenvalue weighted by Crippen LogP contribution is 2.31. The molecule has 0 saturated heterocycles. The standard InChI is InChI=1S/C21H24N6O3/c1-12-7-13(8-14-11-27(2)6-4-16(12)14)17-10-25-19(23)20(26-17)30-21(28,29)15-3-5-24-18(22)9-15/h3,5,7-10,28-29H,4,6,11H2,1-2H3,(H2,22,24)(H2,23,25). The summed E-state index contributed by atoms with van der Waals surface area (Å²) in [6.07, 6.45) is 3.89. The van der Waals surface area contributed by atoms with Crippen LogP contribution in [-0.2, 0) is 18.9 Å². The highest BCUT2D eigenvalue weighted by Gasteiger charge is 2.31. The first-order valence-electron chi connectivity index (χ1n) is 9.52. The number of ether oxygens (including phenoxy) is 1. The van der Waals surface area contributed by atoms with Gasteiger partial charge in [-0.25, -0.2) is 15.0 Å². The Morgan fingerprint density at radius 1 is 1.17 bits per heavy atom. The topological polar surface area (TPSA) is 144 Å². The van der Waals surface area contributed by atoms with Crippen LogP contribution in [0, 0.1) is 6.92 Å². The number of nitrogen functional groups attached to an aromatic ring is 2. The van der Waals surface area contributed by atoms with E-state index < -0.39 is 5.97 Å². The van der Waals surface area contributed by atoms with Gasteiger partial charge >= 0.3 is 5.97 Å². The van der Waals surface area contributed by atoms with Crippen LogP contribution in [-0.4, -0.2) is 43.7 Å². The molecular formula is C21H24N6O3. The van der Waals surface area contributed by atoms with Gasteiger partial charge < -0.3 is 31.3 Å². The molecule has 6 N–H and O–H groups in total. The van der Waals surface area contributed by atoms with Crippen LogP contribution in [0.1, 0.15) is 22.3 Å². The summed E-state index contributed by atoms with van der Waals surface area (Å²) in [5.41, 5.74) is 16.6. The van der Waals surface area contributed by atoms with Crippen molar-refractivity contribution in [3.8, 4) is 17.1 Å². The molecule has 0 amide bonds. The van der Waals surface area contributed by atoms with Crippen LogP contribution < -0.4 is 16.2 Å². The number of pyridine rings is 1. The van der Waals surface area contributed by atoms with Crippen LogP contribution in [0.25, 0.3) is 11.3 Å². The summed E-state index contributed by atoms with van der Waals surface area (Å²) in [5, 5.41) is 20.8. The van der Waals surface area contributed by atoms with Gasteiger partial charge in [0.1, 0.15) is 5.82 Å². The molecule has 3 aromatic rings. The normalized spacial score (nSPS) is 14.4. The Balaban J connectivity index is 1.69. The Morgan fingerprint density at radius 2 is 1.97 bits per heavy atom. The lowest BCUT2D eigenvalue weighted by atomic mass is 9.92. The average Bonchev–Trinajstić information content (AvgIpc) is 2.69. The van der Waals surface area contributed by atoms with E-state index in [0.717, 1.165) is 25.1 Å². The third kappa shape index (κ3) is 3.90. The number of hydrogen-bond acceptors (Lipinski definition) is 9. The van der Waals surface area contributed by atoms with E-state index in [1.165, 1.54) is 41.2 Å². The van der Waals surface area contributed by atoms with Gasteiger partial charge in [-0.3, -0.25) is 0 Å². The number of benzene rings is 1. The van der Waals surface area contributed by atoms with E-state index >= 15 is 0 Å². The minimum absolute atomic E-state index is 0.00531. The van der Waals surface area contributed by atoms with Crippen LogP contribution in [0.3, 0.4) is 0 Å². The third-order valence-corrected chi connectivity index (χ3v) is 5.21. The van der Waals surface area contributed by atoms with Crippen molar-refractivity contribution in [2.75, 3.05) is 25.1 Å². The fraction of sp³-hybridized carbons (Fsp3) is 0.286. The van der Waals surface area contributed by atoms with E-state index in [4.69, 9.17) is 16.2 Å². The molecule has 0 bridgehead atoms. The monoisotopic (exact) mass is 408 g/mol. The van der Waals surface area contributed by atoms with Crippen molar-refractivity contribution in [3.63, 3.8) is 0 Å². The highest BCUT2D eigenvalue weighted by atomic mass is 16.8. The number of anilines is 2. The van der Waals surface area contributed by atoms with Gasteiger partial charge in [-0.15, -0.1) is 0 Å². The molecule has 4 rings (SSSR count). The van der Waals surface area contributed by atoms with Crippen molar-refractivity contribution in [2.45, 2.75) is 25.9 Å². The van der Waals surface area contributed by atoms with Crippen molar-refractivity contribution >= 4 is 11.6 Å². The summed E-state index contributed by atoms with van der Waals surface area (Å²) >= 11 is 0. The molecule has 0 spiro atoms. The second-order valence-corrected chi connectivity index (χ2v) is 7.54. The molecule has 2 aromatic heterocycles. The zero-order valence-electron chi connectivity index (χ0n) is 16.8. The second kappa shape index (κ2) is 7.52. The van der Waals surface area contributed by atoms with E-state index in [2.05, 4.69) is 39.9 Å². The van der Waals surface area contributed by atoms with Crippen molar-refractivity contribution < 1.29 is 14.9 Å². The lowest BCUT2D eigenvalue weighted by Crippen LogP contribution is -2.33. The number of nitrogens with zero attached hydrogens (tertiary/aromatic N) is 4. The van der Waals surface area contributed by atoms with Gasteiger partial charge in [0, 0.05) is 24.8 Å². The average molecular weight is 408 g/mol. The van der Waals surface area contributed by atoms with Gasteiger partial charge in [0.15, 0.2) is 5.82 Å². The van der Waals surface area contributed by atoms with Crippen LogP contribution in [0.4, 0.5) is 11.6 Å². The molecule has 9 heteroatoms. The highest BCUT2D eigenvalue weighted by molar-refractivity contribution is 5.64. The van der Waals surface area contributed by atoms with Gasteiger partial charge in [0.05, 0.1) is 17.5 Å². The summed E-state index contributed by atoms with van der Waals surface area (Å²) in [4.78, 5) is 14.6. The maximum Gasteiger partial charge on any atom is 0.352 e. The molecule has 1 aliphatic heterocycles.